The molecule has 0 saturated carbocycles. The van der Waals surface area contributed by atoms with Gasteiger partial charge in [0.25, 0.3) is 5.91 Å². The molecule has 0 bridgehead atoms. The van der Waals surface area contributed by atoms with Crippen LogP contribution in [0.25, 0.3) is 11.1 Å². The Bertz CT molecular complexity index is 799. The summed E-state index contributed by atoms with van der Waals surface area (Å²) < 4.78 is 0. The summed E-state index contributed by atoms with van der Waals surface area (Å²) in [6, 6.07) is 24.6. The van der Waals surface area contributed by atoms with Crippen molar-refractivity contribution in [1.29, 1.82) is 0 Å². The molecule has 0 radical (unpaired) electrons. The van der Waals surface area contributed by atoms with E-state index in [1.54, 1.807) is 24.3 Å². The summed E-state index contributed by atoms with van der Waals surface area (Å²) in [5.74, 6) is -0.153. The number of anilines is 1. The van der Waals surface area contributed by atoms with Crippen LogP contribution in [0.15, 0.2) is 78.9 Å². The molecule has 3 rings (SSSR count). The molecule has 22 heavy (non-hydrogen) atoms. The average molecular weight is 308 g/mol. The second-order valence-corrected chi connectivity index (χ2v) is 5.35. The number of hydrogen-bond donors (Lipinski definition) is 1. The Morgan fingerprint density at radius 1 is 0.773 bits per heavy atom. The van der Waals surface area contributed by atoms with Gasteiger partial charge in [0.15, 0.2) is 0 Å². The van der Waals surface area contributed by atoms with E-state index in [9.17, 15) is 4.79 Å². The first kappa shape index (κ1) is 14.4. The molecule has 2 nitrogen and oxygen atoms in total. The lowest BCUT2D eigenvalue weighted by Gasteiger charge is -2.07. The smallest absolute Gasteiger partial charge is 0.255 e. The van der Waals surface area contributed by atoms with Gasteiger partial charge in [-0.25, -0.2) is 0 Å². The van der Waals surface area contributed by atoms with E-state index in [2.05, 4.69) is 5.32 Å². The van der Waals surface area contributed by atoms with Crippen molar-refractivity contribution in [2.24, 2.45) is 0 Å². The molecule has 0 fully saturated rings. The van der Waals surface area contributed by atoms with Crippen molar-refractivity contribution in [3.05, 3.63) is 89.4 Å². The minimum Gasteiger partial charge on any atom is -0.322 e. The van der Waals surface area contributed by atoms with Gasteiger partial charge in [-0.05, 0) is 41.5 Å². The van der Waals surface area contributed by atoms with Gasteiger partial charge >= 0.3 is 0 Å². The molecule has 0 aromatic heterocycles. The number of carbonyl (C=O) groups excluding carboxylic acids is 1. The Labute approximate surface area is 134 Å². The van der Waals surface area contributed by atoms with Gasteiger partial charge in [-0.2, -0.15) is 0 Å². The van der Waals surface area contributed by atoms with Gasteiger partial charge in [-0.15, -0.1) is 0 Å². The van der Waals surface area contributed by atoms with Gasteiger partial charge in [0.2, 0.25) is 0 Å². The third-order valence-corrected chi connectivity index (χ3v) is 3.55. The van der Waals surface area contributed by atoms with E-state index in [1.165, 1.54) is 0 Å². The van der Waals surface area contributed by atoms with E-state index >= 15 is 0 Å². The molecule has 108 valence electrons. The number of benzene rings is 3. The second kappa shape index (κ2) is 6.46. The molecule has 3 heteroatoms. The SMILES string of the molecule is O=C(Nc1cccc(Cl)c1)c1cccc(-c2ccccc2)c1. The lowest BCUT2D eigenvalue weighted by Crippen LogP contribution is -2.11. The van der Waals surface area contributed by atoms with Crippen LogP contribution < -0.4 is 5.32 Å². The zero-order valence-corrected chi connectivity index (χ0v) is 12.5. The molecule has 3 aromatic rings. The molecule has 0 spiro atoms. The summed E-state index contributed by atoms with van der Waals surface area (Å²) in [5.41, 5.74) is 3.39. The predicted molar refractivity (Wildman–Crippen MR) is 91.3 cm³/mol. The van der Waals surface area contributed by atoms with Crippen LogP contribution in [-0.2, 0) is 0 Å². The van der Waals surface area contributed by atoms with Crippen LogP contribution in [0, 0.1) is 0 Å². The molecular weight excluding hydrogens is 294 g/mol. The van der Waals surface area contributed by atoms with Crippen molar-refractivity contribution in [1.82, 2.24) is 0 Å². The fourth-order valence-electron chi connectivity index (χ4n) is 2.24. The predicted octanol–water partition coefficient (Wildman–Crippen LogP) is 5.26. The van der Waals surface area contributed by atoms with Gasteiger partial charge in [-0.1, -0.05) is 60.1 Å². The first-order chi connectivity index (χ1) is 10.7. The zero-order valence-electron chi connectivity index (χ0n) is 11.8. The summed E-state index contributed by atoms with van der Waals surface area (Å²) in [4.78, 5) is 12.4. The van der Waals surface area contributed by atoms with Crippen LogP contribution in [0.5, 0.6) is 0 Å². The maximum atomic E-state index is 12.4. The van der Waals surface area contributed by atoms with Gasteiger partial charge in [0.05, 0.1) is 0 Å². The van der Waals surface area contributed by atoms with Crippen molar-refractivity contribution in [2.75, 3.05) is 5.32 Å². The third-order valence-electron chi connectivity index (χ3n) is 3.31. The Balaban J connectivity index is 1.84. The number of hydrogen-bond acceptors (Lipinski definition) is 1. The summed E-state index contributed by atoms with van der Waals surface area (Å²) in [6.45, 7) is 0. The molecule has 0 aliphatic rings. The van der Waals surface area contributed by atoms with Gasteiger partial charge < -0.3 is 5.32 Å². The normalized spacial score (nSPS) is 10.2. The Hall–Kier alpha value is -2.58. The van der Waals surface area contributed by atoms with Crippen molar-refractivity contribution in [3.63, 3.8) is 0 Å². The van der Waals surface area contributed by atoms with E-state index in [1.807, 2.05) is 54.6 Å². The Morgan fingerprint density at radius 2 is 1.50 bits per heavy atom. The molecule has 0 atom stereocenters. The van der Waals surface area contributed by atoms with E-state index in [4.69, 9.17) is 11.6 Å². The minimum atomic E-state index is -0.153. The first-order valence-electron chi connectivity index (χ1n) is 6.95. The quantitative estimate of drug-likeness (QED) is 0.702. The summed E-state index contributed by atoms with van der Waals surface area (Å²) in [7, 11) is 0. The second-order valence-electron chi connectivity index (χ2n) is 4.91. The highest BCUT2D eigenvalue weighted by Gasteiger charge is 2.07. The van der Waals surface area contributed by atoms with Crippen LogP contribution in [0.4, 0.5) is 5.69 Å². The topological polar surface area (TPSA) is 29.1 Å². The summed E-state index contributed by atoms with van der Waals surface area (Å²) >= 11 is 5.93. The minimum absolute atomic E-state index is 0.153. The Morgan fingerprint density at radius 3 is 2.27 bits per heavy atom. The third kappa shape index (κ3) is 3.35. The molecule has 0 aliphatic carbocycles. The molecule has 0 heterocycles. The fourth-order valence-corrected chi connectivity index (χ4v) is 2.43. The van der Waals surface area contributed by atoms with E-state index in [0.29, 0.717) is 16.3 Å². The Kier molecular flexibility index (Phi) is 4.22. The van der Waals surface area contributed by atoms with Crippen molar-refractivity contribution >= 4 is 23.2 Å². The van der Waals surface area contributed by atoms with E-state index in [-0.39, 0.29) is 5.91 Å². The number of nitrogens with one attached hydrogen (secondary N) is 1. The highest BCUT2D eigenvalue weighted by Crippen LogP contribution is 2.21. The van der Waals surface area contributed by atoms with E-state index in [0.717, 1.165) is 11.1 Å². The van der Waals surface area contributed by atoms with Crippen LogP contribution in [0.3, 0.4) is 0 Å². The molecule has 0 aliphatic heterocycles. The number of rotatable bonds is 3. The zero-order chi connectivity index (χ0) is 15.4. The lowest BCUT2D eigenvalue weighted by atomic mass is 10.0. The van der Waals surface area contributed by atoms with Crippen molar-refractivity contribution in [2.45, 2.75) is 0 Å². The maximum Gasteiger partial charge on any atom is 0.255 e. The van der Waals surface area contributed by atoms with Crippen LogP contribution >= 0.6 is 11.6 Å². The van der Waals surface area contributed by atoms with Crippen LogP contribution in [-0.4, -0.2) is 5.91 Å². The highest BCUT2D eigenvalue weighted by molar-refractivity contribution is 6.31. The van der Waals surface area contributed by atoms with Crippen molar-refractivity contribution < 1.29 is 4.79 Å². The number of carbonyl (C=O) groups is 1. The van der Waals surface area contributed by atoms with Crippen LogP contribution in [0.2, 0.25) is 5.02 Å². The maximum absolute atomic E-state index is 12.4. The van der Waals surface area contributed by atoms with Crippen molar-refractivity contribution in [3.8, 4) is 11.1 Å². The molecular formula is C19H14ClNO. The number of halogens is 1. The molecule has 1 N–H and O–H groups in total. The monoisotopic (exact) mass is 307 g/mol. The standard InChI is InChI=1S/C19H14ClNO/c20-17-10-5-11-18(13-17)21-19(22)16-9-4-8-15(12-16)14-6-2-1-3-7-14/h1-13H,(H,21,22). The first-order valence-corrected chi connectivity index (χ1v) is 7.32. The fraction of sp³-hybridized carbons (Fsp3) is 0. The van der Waals surface area contributed by atoms with Crippen LogP contribution in [0.1, 0.15) is 10.4 Å². The number of amides is 1. The molecule has 3 aromatic carbocycles. The highest BCUT2D eigenvalue weighted by atomic mass is 35.5. The average Bonchev–Trinajstić information content (AvgIpc) is 2.56. The largest absolute Gasteiger partial charge is 0.322 e. The molecule has 0 unspecified atom stereocenters. The van der Waals surface area contributed by atoms with Gasteiger partial charge in [0, 0.05) is 16.3 Å². The summed E-state index contributed by atoms with van der Waals surface area (Å²) in [6.07, 6.45) is 0. The van der Waals surface area contributed by atoms with Gasteiger partial charge in [-0.3, -0.25) is 4.79 Å². The lowest BCUT2D eigenvalue weighted by molar-refractivity contribution is 0.102. The van der Waals surface area contributed by atoms with E-state index < -0.39 is 0 Å². The summed E-state index contributed by atoms with van der Waals surface area (Å²) in [5, 5.41) is 3.45. The molecule has 0 saturated heterocycles. The van der Waals surface area contributed by atoms with Gasteiger partial charge in [0.1, 0.15) is 0 Å². The molecule has 1 amide bonds.